The molecule has 1 aromatic carbocycles. The number of nitriles is 1. The van der Waals surface area contributed by atoms with E-state index in [1.54, 1.807) is 17.5 Å². The minimum absolute atomic E-state index is 0.362. The Morgan fingerprint density at radius 3 is 2.71 bits per heavy atom. The number of nitrogens with zero attached hydrogens (tertiary/aromatic N) is 3. The molecule has 0 spiro atoms. The molecular weight excluding hydrogens is 280 g/mol. The summed E-state index contributed by atoms with van der Waals surface area (Å²) in [6, 6.07) is 15.7. The summed E-state index contributed by atoms with van der Waals surface area (Å²) in [5.41, 5.74) is 6.05. The second-order valence-electron chi connectivity index (χ2n) is 4.81. The molecule has 2 aromatic heterocycles. The van der Waals surface area contributed by atoms with E-state index in [1.807, 2.05) is 58.6 Å². The third-order valence-electron chi connectivity index (χ3n) is 3.37. The molecule has 0 aliphatic rings. The molecule has 1 atom stereocenters. The maximum Gasteiger partial charge on any atom is 0.150 e. The Hall–Kier alpha value is -2.42. The highest BCUT2D eigenvalue weighted by atomic mass is 32.1. The van der Waals surface area contributed by atoms with Crippen molar-refractivity contribution in [1.82, 2.24) is 9.55 Å². The predicted octanol–water partition coefficient (Wildman–Crippen LogP) is 2.99. The molecule has 104 valence electrons. The van der Waals surface area contributed by atoms with Crippen molar-refractivity contribution in [3.63, 3.8) is 0 Å². The first kappa shape index (κ1) is 13.6. The van der Waals surface area contributed by atoms with Crippen LogP contribution in [0.2, 0.25) is 0 Å². The third kappa shape index (κ3) is 2.59. The Morgan fingerprint density at radius 2 is 2.05 bits per heavy atom. The number of rotatable bonds is 4. The molecule has 0 amide bonds. The molecule has 0 saturated heterocycles. The van der Waals surface area contributed by atoms with Gasteiger partial charge in [0.15, 0.2) is 0 Å². The molecule has 21 heavy (non-hydrogen) atoms. The number of hydrogen-bond donors (Lipinski definition) is 1. The number of hydrogen-bond acceptors (Lipinski definition) is 4. The van der Waals surface area contributed by atoms with Crippen molar-refractivity contribution >= 4 is 11.3 Å². The van der Waals surface area contributed by atoms with Gasteiger partial charge in [0.05, 0.1) is 17.5 Å². The number of benzene rings is 1. The molecule has 1 unspecified atom stereocenters. The third-order valence-corrected chi connectivity index (χ3v) is 4.23. The van der Waals surface area contributed by atoms with Gasteiger partial charge >= 0.3 is 0 Å². The highest BCUT2D eigenvalue weighted by Crippen LogP contribution is 2.26. The smallest absolute Gasteiger partial charge is 0.150 e. The van der Waals surface area contributed by atoms with Gasteiger partial charge in [-0.2, -0.15) is 5.26 Å². The van der Waals surface area contributed by atoms with Gasteiger partial charge in [-0.05, 0) is 17.0 Å². The van der Waals surface area contributed by atoms with Crippen LogP contribution < -0.4 is 5.73 Å². The summed E-state index contributed by atoms with van der Waals surface area (Å²) in [7, 11) is 0. The average Bonchev–Trinajstić information content (AvgIpc) is 3.18. The second-order valence-corrected chi connectivity index (χ2v) is 5.75. The van der Waals surface area contributed by atoms with Crippen LogP contribution in [0.3, 0.4) is 0 Å². The molecule has 0 aliphatic carbocycles. The van der Waals surface area contributed by atoms with Gasteiger partial charge in [-0.15, -0.1) is 11.3 Å². The molecule has 2 heterocycles. The lowest BCUT2D eigenvalue weighted by Crippen LogP contribution is -2.39. The molecule has 0 saturated carbocycles. The van der Waals surface area contributed by atoms with E-state index in [0.29, 0.717) is 6.54 Å². The average molecular weight is 294 g/mol. The fourth-order valence-corrected chi connectivity index (χ4v) is 3.00. The minimum atomic E-state index is -1.08. The van der Waals surface area contributed by atoms with Crippen molar-refractivity contribution in [2.24, 2.45) is 5.73 Å². The first-order valence-electron chi connectivity index (χ1n) is 6.53. The van der Waals surface area contributed by atoms with E-state index in [9.17, 15) is 5.26 Å². The Labute approximate surface area is 127 Å². The van der Waals surface area contributed by atoms with E-state index in [4.69, 9.17) is 5.73 Å². The van der Waals surface area contributed by atoms with Gasteiger partial charge in [0, 0.05) is 12.4 Å². The Bertz CT molecular complexity index is 755. The van der Waals surface area contributed by atoms with Crippen molar-refractivity contribution in [3.05, 3.63) is 65.8 Å². The van der Waals surface area contributed by atoms with E-state index >= 15 is 0 Å². The largest absolute Gasteiger partial charge is 0.327 e. The summed E-state index contributed by atoms with van der Waals surface area (Å²) in [5.74, 6) is 0.839. The fourth-order valence-electron chi connectivity index (χ4n) is 2.26. The highest BCUT2D eigenvalue weighted by molar-refractivity contribution is 7.13. The van der Waals surface area contributed by atoms with Gasteiger partial charge in [0.1, 0.15) is 11.4 Å². The fraction of sp³-hybridized carbons (Fsp3) is 0.125. The summed E-state index contributed by atoms with van der Waals surface area (Å²) >= 11 is 1.62. The van der Waals surface area contributed by atoms with Crippen LogP contribution in [0.1, 0.15) is 5.56 Å². The van der Waals surface area contributed by atoms with Gasteiger partial charge in [0.25, 0.3) is 0 Å². The molecule has 0 aliphatic heterocycles. The van der Waals surface area contributed by atoms with Crippen LogP contribution in [0.4, 0.5) is 0 Å². The monoisotopic (exact) mass is 294 g/mol. The number of nitrogens with two attached hydrogens (primary N) is 1. The van der Waals surface area contributed by atoms with E-state index in [2.05, 4.69) is 11.1 Å². The number of thiophene rings is 1. The first-order chi connectivity index (χ1) is 10.2. The SMILES string of the molecule is N#CC(N)(Cn1ccnc1-c1cccs1)c1ccccc1. The first-order valence-corrected chi connectivity index (χ1v) is 7.41. The van der Waals surface area contributed by atoms with Gasteiger partial charge < -0.3 is 10.3 Å². The highest BCUT2D eigenvalue weighted by Gasteiger charge is 2.28. The normalized spacial score (nSPS) is 13.5. The van der Waals surface area contributed by atoms with Gasteiger partial charge in [-0.25, -0.2) is 4.98 Å². The van der Waals surface area contributed by atoms with E-state index < -0.39 is 5.54 Å². The van der Waals surface area contributed by atoms with Crippen LogP contribution in [0.5, 0.6) is 0 Å². The molecule has 4 nitrogen and oxygen atoms in total. The molecule has 3 aromatic rings. The molecule has 0 fully saturated rings. The van der Waals surface area contributed by atoms with Crippen LogP contribution in [0, 0.1) is 11.3 Å². The van der Waals surface area contributed by atoms with Crippen LogP contribution in [-0.4, -0.2) is 9.55 Å². The van der Waals surface area contributed by atoms with Crippen LogP contribution in [-0.2, 0) is 12.1 Å². The minimum Gasteiger partial charge on any atom is -0.327 e. The molecule has 3 rings (SSSR count). The lowest BCUT2D eigenvalue weighted by Gasteiger charge is -2.23. The molecule has 0 radical (unpaired) electrons. The standard InChI is InChI=1S/C16H14N4S/c17-11-16(18,13-5-2-1-3-6-13)12-20-9-8-19-15(20)14-7-4-10-21-14/h1-10H,12,18H2. The summed E-state index contributed by atoms with van der Waals surface area (Å²) in [5, 5.41) is 11.6. The van der Waals surface area contributed by atoms with Gasteiger partial charge in [0.2, 0.25) is 0 Å². The zero-order valence-corrected chi connectivity index (χ0v) is 12.1. The van der Waals surface area contributed by atoms with Crippen LogP contribution in [0.25, 0.3) is 10.7 Å². The number of imidazole rings is 1. The Balaban J connectivity index is 1.97. The van der Waals surface area contributed by atoms with E-state index in [-0.39, 0.29) is 0 Å². The number of aromatic nitrogens is 2. The Kier molecular flexibility index (Phi) is 3.57. The van der Waals surface area contributed by atoms with Crippen molar-refractivity contribution in [2.45, 2.75) is 12.1 Å². The summed E-state index contributed by atoms with van der Waals surface area (Å²) in [6.45, 7) is 0.362. The zero-order chi connectivity index (χ0) is 14.7. The topological polar surface area (TPSA) is 67.6 Å². The van der Waals surface area contributed by atoms with Crippen LogP contribution in [0.15, 0.2) is 60.2 Å². The Morgan fingerprint density at radius 1 is 1.24 bits per heavy atom. The maximum absolute atomic E-state index is 9.55. The maximum atomic E-state index is 9.55. The molecule has 0 bridgehead atoms. The molecule has 2 N–H and O–H groups in total. The summed E-state index contributed by atoms with van der Waals surface area (Å²) < 4.78 is 1.93. The van der Waals surface area contributed by atoms with Crippen LogP contribution >= 0.6 is 11.3 Å². The van der Waals surface area contributed by atoms with Crippen molar-refractivity contribution in [2.75, 3.05) is 0 Å². The second kappa shape index (κ2) is 5.52. The lowest BCUT2D eigenvalue weighted by atomic mass is 9.92. The summed E-state index contributed by atoms with van der Waals surface area (Å²) in [6.07, 6.45) is 3.59. The van der Waals surface area contributed by atoms with Crippen molar-refractivity contribution < 1.29 is 0 Å². The van der Waals surface area contributed by atoms with Gasteiger partial charge in [-0.1, -0.05) is 36.4 Å². The molecular formula is C16H14N4S. The molecule has 5 heteroatoms. The van der Waals surface area contributed by atoms with E-state index in [0.717, 1.165) is 16.3 Å². The van der Waals surface area contributed by atoms with Gasteiger partial charge in [-0.3, -0.25) is 0 Å². The van der Waals surface area contributed by atoms with E-state index in [1.165, 1.54) is 0 Å². The summed E-state index contributed by atoms with van der Waals surface area (Å²) in [4.78, 5) is 5.44. The quantitative estimate of drug-likeness (QED) is 0.804. The lowest BCUT2D eigenvalue weighted by molar-refractivity contribution is 0.476. The zero-order valence-electron chi connectivity index (χ0n) is 11.3. The predicted molar refractivity (Wildman–Crippen MR) is 83.5 cm³/mol. The van der Waals surface area contributed by atoms with Crippen molar-refractivity contribution in [1.29, 1.82) is 5.26 Å². The van der Waals surface area contributed by atoms with Crippen molar-refractivity contribution in [3.8, 4) is 16.8 Å².